The van der Waals surface area contributed by atoms with Crippen LogP contribution in [-0.2, 0) is 4.74 Å². The Morgan fingerprint density at radius 3 is 2.76 bits per heavy atom. The number of hydrogen-bond donors (Lipinski definition) is 1. The molecule has 0 aromatic heterocycles. The second-order valence-electron chi connectivity index (χ2n) is 6.70. The van der Waals surface area contributed by atoms with E-state index in [4.69, 9.17) is 16.3 Å². The number of halogens is 1. The Hall–Kier alpha value is -0.570. The molecule has 2 unspecified atom stereocenters. The molecule has 2 rings (SSSR count). The summed E-state index contributed by atoms with van der Waals surface area (Å²) in [6.45, 7) is 8.59. The average Bonchev–Trinajstić information content (AvgIpc) is 2.78. The van der Waals surface area contributed by atoms with Gasteiger partial charge in [0, 0.05) is 17.5 Å². The van der Waals surface area contributed by atoms with Gasteiger partial charge in [-0.15, -0.1) is 0 Å². The molecule has 21 heavy (non-hydrogen) atoms. The van der Waals surface area contributed by atoms with Crippen molar-refractivity contribution in [2.24, 2.45) is 0 Å². The largest absolute Gasteiger partial charge is 0.372 e. The van der Waals surface area contributed by atoms with Gasteiger partial charge in [0.15, 0.2) is 0 Å². The molecule has 0 amide bonds. The van der Waals surface area contributed by atoms with Crippen LogP contribution in [0.4, 0.5) is 0 Å². The summed E-state index contributed by atoms with van der Waals surface area (Å²) in [7, 11) is 0. The van der Waals surface area contributed by atoms with Crippen LogP contribution in [0.15, 0.2) is 24.3 Å². The van der Waals surface area contributed by atoms with Gasteiger partial charge in [0.2, 0.25) is 0 Å². The van der Waals surface area contributed by atoms with Crippen LogP contribution in [0, 0.1) is 0 Å². The molecule has 1 aliphatic heterocycles. The molecule has 1 fully saturated rings. The van der Waals surface area contributed by atoms with Crippen molar-refractivity contribution in [3.8, 4) is 0 Å². The van der Waals surface area contributed by atoms with Gasteiger partial charge in [-0.25, -0.2) is 0 Å². The molecule has 118 valence electrons. The van der Waals surface area contributed by atoms with Gasteiger partial charge in [-0.05, 0) is 57.7 Å². The fourth-order valence-electron chi connectivity index (χ4n) is 3.14. The Bertz CT molecular complexity index is 447. The van der Waals surface area contributed by atoms with Crippen molar-refractivity contribution >= 4 is 11.6 Å². The van der Waals surface area contributed by atoms with Crippen molar-refractivity contribution in [1.82, 2.24) is 5.32 Å². The third-order valence-electron chi connectivity index (χ3n) is 4.26. The summed E-state index contributed by atoms with van der Waals surface area (Å²) in [5.41, 5.74) is 1.28. The zero-order chi connectivity index (χ0) is 15.3. The SMILES string of the molecule is CCCNCC(CC1CCC(C)(C)O1)c1ccccc1Cl. The zero-order valence-corrected chi connectivity index (χ0v) is 14.2. The molecule has 0 bridgehead atoms. The minimum absolute atomic E-state index is 0.0343. The molecule has 1 aromatic rings. The lowest BCUT2D eigenvalue weighted by Gasteiger charge is -2.24. The number of nitrogens with one attached hydrogen (secondary N) is 1. The van der Waals surface area contributed by atoms with Crippen molar-refractivity contribution in [2.45, 2.75) is 64.1 Å². The van der Waals surface area contributed by atoms with Gasteiger partial charge in [0.25, 0.3) is 0 Å². The van der Waals surface area contributed by atoms with E-state index >= 15 is 0 Å². The molecule has 1 aromatic carbocycles. The molecule has 0 aliphatic carbocycles. The Balaban J connectivity index is 2.04. The third kappa shape index (κ3) is 4.98. The maximum absolute atomic E-state index is 6.40. The fourth-order valence-corrected chi connectivity index (χ4v) is 3.43. The van der Waals surface area contributed by atoms with Gasteiger partial charge in [0.1, 0.15) is 0 Å². The summed E-state index contributed by atoms with van der Waals surface area (Å²) in [4.78, 5) is 0. The second kappa shape index (κ2) is 7.62. The Kier molecular flexibility index (Phi) is 6.09. The minimum atomic E-state index is 0.0343. The first-order valence-electron chi connectivity index (χ1n) is 8.15. The second-order valence-corrected chi connectivity index (χ2v) is 7.10. The zero-order valence-electron chi connectivity index (χ0n) is 13.5. The number of hydrogen-bond acceptors (Lipinski definition) is 2. The van der Waals surface area contributed by atoms with Crippen molar-refractivity contribution in [1.29, 1.82) is 0 Å². The average molecular weight is 310 g/mol. The molecule has 1 N–H and O–H groups in total. The Morgan fingerprint density at radius 1 is 1.38 bits per heavy atom. The lowest BCUT2D eigenvalue weighted by molar-refractivity contribution is -0.0209. The number of ether oxygens (including phenoxy) is 1. The van der Waals surface area contributed by atoms with E-state index in [0.717, 1.165) is 43.8 Å². The van der Waals surface area contributed by atoms with E-state index in [1.165, 1.54) is 5.56 Å². The van der Waals surface area contributed by atoms with E-state index in [1.807, 2.05) is 12.1 Å². The van der Waals surface area contributed by atoms with Crippen LogP contribution in [0.1, 0.15) is 57.9 Å². The summed E-state index contributed by atoms with van der Waals surface area (Å²) < 4.78 is 6.18. The van der Waals surface area contributed by atoms with E-state index in [-0.39, 0.29) is 5.60 Å². The minimum Gasteiger partial charge on any atom is -0.372 e. The highest BCUT2D eigenvalue weighted by Crippen LogP contribution is 2.36. The Labute approximate surface area is 134 Å². The van der Waals surface area contributed by atoms with E-state index in [0.29, 0.717) is 12.0 Å². The van der Waals surface area contributed by atoms with E-state index in [9.17, 15) is 0 Å². The van der Waals surface area contributed by atoms with Gasteiger partial charge in [0.05, 0.1) is 11.7 Å². The van der Waals surface area contributed by atoms with Gasteiger partial charge >= 0.3 is 0 Å². The van der Waals surface area contributed by atoms with Gasteiger partial charge in [-0.3, -0.25) is 0 Å². The quantitative estimate of drug-likeness (QED) is 0.732. The molecule has 1 saturated heterocycles. The van der Waals surface area contributed by atoms with Crippen molar-refractivity contribution in [3.63, 3.8) is 0 Å². The van der Waals surface area contributed by atoms with E-state index < -0.39 is 0 Å². The van der Waals surface area contributed by atoms with Crippen LogP contribution in [-0.4, -0.2) is 24.8 Å². The predicted molar refractivity (Wildman–Crippen MR) is 90.2 cm³/mol. The standard InChI is InChI=1S/C18H28ClNO/c1-4-11-20-13-14(16-7-5-6-8-17(16)19)12-15-9-10-18(2,3)21-15/h5-8,14-15,20H,4,9-13H2,1-3H3. The first kappa shape index (κ1) is 16.8. The maximum atomic E-state index is 6.40. The van der Waals surface area contributed by atoms with Crippen molar-refractivity contribution in [2.75, 3.05) is 13.1 Å². The lowest BCUT2D eigenvalue weighted by atomic mass is 9.91. The van der Waals surface area contributed by atoms with Crippen LogP contribution < -0.4 is 5.32 Å². The summed E-state index contributed by atoms with van der Waals surface area (Å²) in [6.07, 6.45) is 4.85. The molecule has 2 atom stereocenters. The molecule has 2 nitrogen and oxygen atoms in total. The van der Waals surface area contributed by atoms with Gasteiger partial charge < -0.3 is 10.1 Å². The highest BCUT2D eigenvalue weighted by Gasteiger charge is 2.33. The molecular formula is C18H28ClNO. The molecule has 1 aliphatic rings. The summed E-state index contributed by atoms with van der Waals surface area (Å²) in [5, 5.41) is 4.41. The number of benzene rings is 1. The molecule has 0 radical (unpaired) electrons. The monoisotopic (exact) mass is 309 g/mol. The van der Waals surface area contributed by atoms with Gasteiger partial charge in [-0.2, -0.15) is 0 Å². The van der Waals surface area contributed by atoms with Crippen molar-refractivity contribution < 1.29 is 4.74 Å². The van der Waals surface area contributed by atoms with Crippen LogP contribution in [0.2, 0.25) is 5.02 Å². The van der Waals surface area contributed by atoms with Crippen LogP contribution in [0.25, 0.3) is 0 Å². The third-order valence-corrected chi connectivity index (χ3v) is 4.61. The fraction of sp³-hybridized carbons (Fsp3) is 0.667. The summed E-state index contributed by atoms with van der Waals surface area (Å²) in [6, 6.07) is 8.22. The predicted octanol–water partition coefficient (Wildman–Crippen LogP) is 4.77. The number of rotatable bonds is 7. The van der Waals surface area contributed by atoms with Gasteiger partial charge in [-0.1, -0.05) is 36.7 Å². The normalized spacial score (nSPS) is 22.4. The van der Waals surface area contributed by atoms with Crippen LogP contribution in [0.3, 0.4) is 0 Å². The van der Waals surface area contributed by atoms with Crippen LogP contribution in [0.5, 0.6) is 0 Å². The molecule has 1 heterocycles. The first-order valence-corrected chi connectivity index (χ1v) is 8.52. The van der Waals surface area contributed by atoms with Crippen molar-refractivity contribution in [3.05, 3.63) is 34.9 Å². The van der Waals surface area contributed by atoms with E-state index in [2.05, 4.69) is 38.2 Å². The summed E-state index contributed by atoms with van der Waals surface area (Å²) in [5.74, 6) is 0.421. The highest BCUT2D eigenvalue weighted by atomic mass is 35.5. The highest BCUT2D eigenvalue weighted by molar-refractivity contribution is 6.31. The maximum Gasteiger partial charge on any atom is 0.0631 e. The lowest BCUT2D eigenvalue weighted by Crippen LogP contribution is -2.27. The topological polar surface area (TPSA) is 21.3 Å². The summed E-state index contributed by atoms with van der Waals surface area (Å²) >= 11 is 6.40. The molecule has 3 heteroatoms. The molecule has 0 saturated carbocycles. The molecular weight excluding hydrogens is 282 g/mol. The Morgan fingerprint density at radius 2 is 2.14 bits per heavy atom. The molecule has 0 spiro atoms. The first-order chi connectivity index (χ1) is 10.0. The van der Waals surface area contributed by atoms with E-state index in [1.54, 1.807) is 0 Å². The van der Waals surface area contributed by atoms with Crippen LogP contribution >= 0.6 is 11.6 Å². The smallest absolute Gasteiger partial charge is 0.0631 e.